The van der Waals surface area contributed by atoms with Gasteiger partial charge < -0.3 is 5.11 Å². The molecular weight excluding hydrogens is 246 g/mol. The molecule has 0 amide bonds. The molecule has 2 nitrogen and oxygen atoms in total. The lowest BCUT2D eigenvalue weighted by Gasteiger charge is -2.02. The molecule has 2 rings (SSSR count). The Hall–Kier alpha value is -1.64. The highest BCUT2D eigenvalue weighted by Gasteiger charge is 1.99. The third-order valence-corrected chi connectivity index (χ3v) is 3.07. The van der Waals surface area contributed by atoms with Crippen LogP contribution < -0.4 is 0 Å². The Morgan fingerprint density at radius 3 is 2.61 bits per heavy atom. The van der Waals surface area contributed by atoms with E-state index in [9.17, 15) is 0 Å². The number of aliphatic hydroxyl groups excluding tert-OH is 1. The number of hydrogen-bond acceptors (Lipinski definition) is 2. The van der Waals surface area contributed by atoms with Crippen LogP contribution in [0.4, 0.5) is 0 Å². The highest BCUT2D eigenvalue weighted by Crippen LogP contribution is 2.17. The Bertz CT molecular complexity index is 578. The van der Waals surface area contributed by atoms with Crippen LogP contribution in [0, 0.1) is 6.92 Å². The van der Waals surface area contributed by atoms with Crippen molar-refractivity contribution in [2.75, 3.05) is 0 Å². The summed E-state index contributed by atoms with van der Waals surface area (Å²) in [6.45, 7) is 1.91. The van der Waals surface area contributed by atoms with Gasteiger partial charge in [-0.1, -0.05) is 41.9 Å². The fourth-order valence-corrected chi connectivity index (χ4v) is 1.85. The molecular formula is C15H14ClNO. The number of nitrogens with zero attached hydrogens (tertiary/aromatic N) is 1. The minimum absolute atomic E-state index is 0.0212. The Labute approximate surface area is 112 Å². The molecule has 0 fully saturated rings. The van der Waals surface area contributed by atoms with E-state index in [4.69, 9.17) is 16.7 Å². The fraction of sp³-hybridized carbons (Fsp3) is 0.133. The largest absolute Gasteiger partial charge is 0.392 e. The van der Waals surface area contributed by atoms with Crippen molar-refractivity contribution in [2.24, 2.45) is 0 Å². The number of aliphatic hydroxyl groups is 1. The molecule has 0 aliphatic heterocycles. The van der Waals surface area contributed by atoms with Crippen LogP contribution in [0.1, 0.15) is 22.5 Å². The van der Waals surface area contributed by atoms with Gasteiger partial charge >= 0.3 is 0 Å². The predicted octanol–water partition coefficient (Wildman–Crippen LogP) is 3.71. The SMILES string of the molecule is Cc1nc(C=Cc2ccccc2Cl)ccc1CO. The van der Waals surface area contributed by atoms with Crippen LogP contribution in [0.3, 0.4) is 0 Å². The minimum atomic E-state index is 0.0212. The topological polar surface area (TPSA) is 33.1 Å². The van der Waals surface area contributed by atoms with E-state index >= 15 is 0 Å². The zero-order valence-electron chi connectivity index (χ0n) is 10.1. The van der Waals surface area contributed by atoms with Gasteiger partial charge in [-0.3, -0.25) is 4.98 Å². The summed E-state index contributed by atoms with van der Waals surface area (Å²) in [4.78, 5) is 4.40. The Morgan fingerprint density at radius 2 is 1.94 bits per heavy atom. The molecule has 0 atom stereocenters. The quantitative estimate of drug-likeness (QED) is 0.912. The van der Waals surface area contributed by atoms with Gasteiger partial charge in [0.1, 0.15) is 0 Å². The van der Waals surface area contributed by atoms with Crippen molar-refractivity contribution >= 4 is 23.8 Å². The maximum atomic E-state index is 9.08. The molecule has 2 aromatic rings. The average Bonchev–Trinajstić information content (AvgIpc) is 2.38. The van der Waals surface area contributed by atoms with Gasteiger partial charge in [0.25, 0.3) is 0 Å². The van der Waals surface area contributed by atoms with E-state index in [-0.39, 0.29) is 6.61 Å². The maximum absolute atomic E-state index is 9.08. The molecule has 1 aromatic heterocycles. The lowest BCUT2D eigenvalue weighted by Crippen LogP contribution is -1.93. The number of rotatable bonds is 3. The molecule has 0 bridgehead atoms. The number of aromatic nitrogens is 1. The molecule has 0 aliphatic carbocycles. The first-order valence-corrected chi connectivity index (χ1v) is 6.08. The molecule has 1 heterocycles. The van der Waals surface area contributed by atoms with Crippen LogP contribution in [-0.4, -0.2) is 10.1 Å². The van der Waals surface area contributed by atoms with E-state index in [1.165, 1.54) is 0 Å². The van der Waals surface area contributed by atoms with Crippen molar-refractivity contribution in [2.45, 2.75) is 13.5 Å². The van der Waals surface area contributed by atoms with Crippen LogP contribution in [0.25, 0.3) is 12.2 Å². The minimum Gasteiger partial charge on any atom is -0.392 e. The summed E-state index contributed by atoms with van der Waals surface area (Å²) in [7, 11) is 0. The maximum Gasteiger partial charge on any atom is 0.0699 e. The molecule has 18 heavy (non-hydrogen) atoms. The number of halogens is 1. The predicted molar refractivity (Wildman–Crippen MR) is 75.3 cm³/mol. The van der Waals surface area contributed by atoms with Crippen molar-refractivity contribution in [3.8, 4) is 0 Å². The second-order valence-corrected chi connectivity index (χ2v) is 4.40. The van der Waals surface area contributed by atoms with Crippen LogP contribution in [0.2, 0.25) is 5.02 Å². The molecule has 0 unspecified atom stereocenters. The highest BCUT2D eigenvalue weighted by molar-refractivity contribution is 6.32. The summed E-state index contributed by atoms with van der Waals surface area (Å²) in [5, 5.41) is 9.80. The molecule has 92 valence electrons. The third kappa shape index (κ3) is 2.97. The third-order valence-electron chi connectivity index (χ3n) is 2.73. The standard InChI is InChI=1S/C15H14ClNO/c1-11-13(10-18)7-9-14(17-11)8-6-12-4-2-3-5-15(12)16/h2-9,18H,10H2,1H3. The second-order valence-electron chi connectivity index (χ2n) is 3.99. The van der Waals surface area contributed by atoms with E-state index in [1.807, 2.05) is 55.5 Å². The Morgan fingerprint density at radius 1 is 1.17 bits per heavy atom. The van der Waals surface area contributed by atoms with Crippen molar-refractivity contribution in [3.63, 3.8) is 0 Å². The first kappa shape index (κ1) is 12.8. The lowest BCUT2D eigenvalue weighted by molar-refractivity contribution is 0.280. The van der Waals surface area contributed by atoms with E-state index in [2.05, 4.69) is 4.98 Å². The van der Waals surface area contributed by atoms with Gasteiger partial charge in [0, 0.05) is 10.7 Å². The number of pyridine rings is 1. The highest BCUT2D eigenvalue weighted by atomic mass is 35.5. The van der Waals surface area contributed by atoms with E-state index in [0.717, 1.165) is 27.5 Å². The summed E-state index contributed by atoms with van der Waals surface area (Å²) < 4.78 is 0. The first-order valence-electron chi connectivity index (χ1n) is 5.70. The van der Waals surface area contributed by atoms with Crippen LogP contribution >= 0.6 is 11.6 Å². The first-order chi connectivity index (χ1) is 8.70. The van der Waals surface area contributed by atoms with E-state index in [1.54, 1.807) is 0 Å². The van der Waals surface area contributed by atoms with Gasteiger partial charge in [0.05, 0.1) is 12.3 Å². The summed E-state index contributed by atoms with van der Waals surface area (Å²) in [5.41, 5.74) is 3.51. The van der Waals surface area contributed by atoms with Crippen LogP contribution in [-0.2, 0) is 6.61 Å². The van der Waals surface area contributed by atoms with Gasteiger partial charge in [-0.25, -0.2) is 0 Å². The molecule has 0 saturated heterocycles. The number of hydrogen-bond donors (Lipinski definition) is 1. The van der Waals surface area contributed by atoms with Gasteiger partial charge in [-0.05, 0) is 36.3 Å². The molecule has 1 N–H and O–H groups in total. The summed E-state index contributed by atoms with van der Waals surface area (Å²) in [6.07, 6.45) is 3.85. The fourth-order valence-electron chi connectivity index (χ4n) is 1.65. The summed E-state index contributed by atoms with van der Waals surface area (Å²) >= 11 is 6.06. The monoisotopic (exact) mass is 259 g/mol. The smallest absolute Gasteiger partial charge is 0.0699 e. The zero-order chi connectivity index (χ0) is 13.0. The molecule has 1 aromatic carbocycles. The van der Waals surface area contributed by atoms with Gasteiger partial charge in [-0.2, -0.15) is 0 Å². The molecule has 3 heteroatoms. The number of aryl methyl sites for hydroxylation is 1. The van der Waals surface area contributed by atoms with Crippen molar-refractivity contribution in [3.05, 3.63) is 63.9 Å². The van der Waals surface area contributed by atoms with Gasteiger partial charge in [-0.15, -0.1) is 0 Å². The molecule has 0 spiro atoms. The van der Waals surface area contributed by atoms with Crippen molar-refractivity contribution in [1.29, 1.82) is 0 Å². The zero-order valence-corrected chi connectivity index (χ0v) is 10.9. The Kier molecular flexibility index (Phi) is 4.13. The van der Waals surface area contributed by atoms with Crippen molar-refractivity contribution < 1.29 is 5.11 Å². The van der Waals surface area contributed by atoms with E-state index in [0.29, 0.717) is 0 Å². The summed E-state index contributed by atoms with van der Waals surface area (Å²) in [6, 6.07) is 11.4. The van der Waals surface area contributed by atoms with Crippen molar-refractivity contribution in [1.82, 2.24) is 4.98 Å². The van der Waals surface area contributed by atoms with Crippen LogP contribution in [0.15, 0.2) is 36.4 Å². The average molecular weight is 260 g/mol. The molecule has 0 radical (unpaired) electrons. The molecule has 0 saturated carbocycles. The van der Waals surface area contributed by atoms with Gasteiger partial charge in [0.2, 0.25) is 0 Å². The Balaban J connectivity index is 2.24. The van der Waals surface area contributed by atoms with Crippen LogP contribution in [0.5, 0.6) is 0 Å². The normalized spacial score (nSPS) is 11.1. The van der Waals surface area contributed by atoms with Gasteiger partial charge in [0.15, 0.2) is 0 Å². The van der Waals surface area contributed by atoms with E-state index < -0.39 is 0 Å². The molecule has 0 aliphatic rings. The number of benzene rings is 1. The second kappa shape index (κ2) is 5.80. The summed E-state index contributed by atoms with van der Waals surface area (Å²) in [5.74, 6) is 0. The lowest BCUT2D eigenvalue weighted by atomic mass is 10.1.